The molecule has 1 aliphatic carbocycles. The van der Waals surface area contributed by atoms with Crippen molar-refractivity contribution in [3.63, 3.8) is 0 Å². The molecule has 5 aliphatic heterocycles. The fraction of sp³-hybridized carbons (Fsp3) is 0.421. The number of carbonyl (C=O) groups is 7. The Labute approximate surface area is 435 Å². The first-order chi connectivity index (χ1) is 36.2. The maximum Gasteiger partial charge on any atom is 0.260 e. The number of imide groups is 1. The number of ketones is 1. The number of nitrogens with zero attached hydrogens (tertiary/aromatic N) is 5. The number of unbranched alkanes of at least 4 members (excludes halogenated alkanes) is 2. The number of aliphatic imine (C=N–C) groups is 2. The van der Waals surface area contributed by atoms with Crippen molar-refractivity contribution in [3.8, 4) is 23.0 Å². The summed E-state index contributed by atoms with van der Waals surface area (Å²) in [5.41, 5.74) is 5.46. The molecule has 75 heavy (non-hydrogen) atoms. The maximum atomic E-state index is 14.1. The van der Waals surface area contributed by atoms with Crippen molar-refractivity contribution in [3.05, 3.63) is 95.3 Å². The zero-order valence-corrected chi connectivity index (χ0v) is 43.0. The van der Waals surface area contributed by atoms with Crippen LogP contribution in [0.5, 0.6) is 23.0 Å². The number of benzene rings is 3. The highest BCUT2D eigenvalue weighted by atomic mass is 16.5. The van der Waals surface area contributed by atoms with E-state index in [0.717, 1.165) is 17.6 Å². The van der Waals surface area contributed by atoms with Gasteiger partial charge < -0.3 is 39.4 Å². The number of anilines is 1. The summed E-state index contributed by atoms with van der Waals surface area (Å²) in [4.78, 5) is 105. The Morgan fingerprint density at radius 1 is 0.707 bits per heavy atom. The molecule has 6 amide bonds. The fourth-order valence-corrected chi connectivity index (χ4v) is 9.93. The molecular formula is C57H63N7O11. The summed E-state index contributed by atoms with van der Waals surface area (Å²) in [5.74, 6) is -0.407. The molecule has 0 saturated heterocycles. The highest BCUT2D eigenvalue weighted by Gasteiger charge is 2.39. The average molecular weight is 1020 g/mol. The van der Waals surface area contributed by atoms with Gasteiger partial charge in [-0.05, 0) is 84.9 Å². The fourth-order valence-electron chi connectivity index (χ4n) is 9.93. The molecule has 3 aromatic rings. The Hall–Kier alpha value is -7.89. The first kappa shape index (κ1) is 52.0. The van der Waals surface area contributed by atoms with Crippen molar-refractivity contribution in [1.29, 1.82) is 0 Å². The lowest BCUT2D eigenvalue weighted by Gasteiger charge is -2.23. The SMILES string of the molecule is COc1cc2c(cc1OCCCOc1cc3c(cc1OC)C(=O)N1C=C(C4CC4)C[C@@H]1C=N3)N=C[C@H]1CC(c3ccc(NC(=O)[C@@H](C)CC(=O)[C@H](NC(=O)CCCCCN4C(=O)C=CC4=O)C(C)C)cc3)=CN1C2=O. The second-order valence-corrected chi connectivity index (χ2v) is 20.1. The van der Waals surface area contributed by atoms with Crippen molar-refractivity contribution in [1.82, 2.24) is 20.0 Å². The lowest BCUT2D eigenvalue weighted by Crippen LogP contribution is -2.45. The molecule has 0 aromatic heterocycles. The van der Waals surface area contributed by atoms with Crippen LogP contribution in [-0.4, -0.2) is 120 Å². The molecule has 0 bridgehead atoms. The van der Waals surface area contributed by atoms with E-state index in [9.17, 15) is 33.6 Å². The highest BCUT2D eigenvalue weighted by Crippen LogP contribution is 2.45. The van der Waals surface area contributed by atoms with E-state index < -0.39 is 12.0 Å². The summed E-state index contributed by atoms with van der Waals surface area (Å²) in [7, 11) is 3.05. The van der Waals surface area contributed by atoms with Crippen LogP contribution in [0.15, 0.2) is 88.6 Å². The second kappa shape index (κ2) is 22.7. The van der Waals surface area contributed by atoms with Gasteiger partial charge in [-0.3, -0.25) is 48.4 Å². The van der Waals surface area contributed by atoms with Crippen LogP contribution in [-0.2, 0) is 24.0 Å². The third-order valence-electron chi connectivity index (χ3n) is 14.4. The van der Waals surface area contributed by atoms with Gasteiger partial charge in [0.25, 0.3) is 23.6 Å². The van der Waals surface area contributed by atoms with Crippen LogP contribution in [0.1, 0.15) is 111 Å². The lowest BCUT2D eigenvalue weighted by molar-refractivity contribution is -0.137. The van der Waals surface area contributed by atoms with Gasteiger partial charge in [0.2, 0.25) is 11.8 Å². The number of amides is 6. The van der Waals surface area contributed by atoms with E-state index in [0.29, 0.717) is 95.8 Å². The highest BCUT2D eigenvalue weighted by molar-refractivity contribution is 6.13. The minimum atomic E-state index is -0.754. The zero-order valence-electron chi connectivity index (χ0n) is 43.0. The summed E-state index contributed by atoms with van der Waals surface area (Å²) in [6.07, 6.45) is 16.0. The summed E-state index contributed by atoms with van der Waals surface area (Å²) < 4.78 is 23.6. The van der Waals surface area contributed by atoms with Crippen molar-refractivity contribution in [2.45, 2.75) is 103 Å². The standard InChI is InChI=1S/C57H63N7O11/c1-33(2)54(61-51(66)10-7-6-8-19-62-52(67)17-18-53(62)68)46(65)22-34(3)55(69)60-39-15-13-36(14-16-39)38-24-41-30-59-45-28-50(48(73-5)26-43(45)57(71)64(41)32-38)75-21-9-20-74-49-27-44-42(25-47(49)72-4)56(70)63-31-37(35-11-12-35)23-40(63)29-58-44/h13-18,25-35,40-41,54H,6-12,19-24H2,1-5H3,(H,60,69)(H,61,66)/t34-,40+,41+,54+/m0/s1. The average Bonchev–Trinajstić information content (AvgIpc) is 3.97. The number of nitrogens with one attached hydrogen (secondary N) is 2. The molecule has 0 radical (unpaired) electrons. The molecule has 9 rings (SSSR count). The zero-order chi connectivity index (χ0) is 52.9. The van der Waals surface area contributed by atoms with Crippen molar-refractivity contribution in [2.24, 2.45) is 27.7 Å². The number of hydrogen-bond acceptors (Lipinski definition) is 13. The molecule has 18 nitrogen and oxygen atoms in total. The first-order valence-electron chi connectivity index (χ1n) is 25.8. The van der Waals surface area contributed by atoms with Gasteiger partial charge in [-0.1, -0.05) is 39.3 Å². The smallest absolute Gasteiger partial charge is 0.260 e. The second-order valence-electron chi connectivity index (χ2n) is 20.1. The monoisotopic (exact) mass is 1020 g/mol. The van der Waals surface area contributed by atoms with Gasteiger partial charge >= 0.3 is 0 Å². The summed E-state index contributed by atoms with van der Waals surface area (Å²) in [6.45, 7) is 6.20. The normalized spacial score (nSPS) is 19.1. The van der Waals surface area contributed by atoms with Crippen LogP contribution in [0, 0.1) is 17.8 Å². The molecule has 0 unspecified atom stereocenters. The van der Waals surface area contributed by atoms with Gasteiger partial charge in [0, 0.05) is 92.9 Å². The van der Waals surface area contributed by atoms with Crippen LogP contribution in [0.25, 0.3) is 5.57 Å². The topological polar surface area (TPSA) is 215 Å². The molecule has 3 aromatic carbocycles. The molecule has 2 N–H and O–H groups in total. The predicted molar refractivity (Wildman–Crippen MR) is 281 cm³/mol. The Bertz CT molecular complexity index is 2920. The minimum Gasteiger partial charge on any atom is -0.493 e. The van der Waals surface area contributed by atoms with Crippen molar-refractivity contribution >= 4 is 76.3 Å². The molecule has 392 valence electrons. The van der Waals surface area contributed by atoms with Gasteiger partial charge in [0.15, 0.2) is 28.8 Å². The quantitative estimate of drug-likeness (QED) is 0.0688. The Morgan fingerprint density at radius 3 is 1.87 bits per heavy atom. The van der Waals surface area contributed by atoms with E-state index in [-0.39, 0.29) is 85.3 Å². The van der Waals surface area contributed by atoms with Crippen LogP contribution in [0.4, 0.5) is 17.1 Å². The third-order valence-corrected chi connectivity index (χ3v) is 14.4. The van der Waals surface area contributed by atoms with Gasteiger partial charge in [-0.2, -0.15) is 0 Å². The predicted octanol–water partition coefficient (Wildman–Crippen LogP) is 7.91. The molecular weight excluding hydrogens is 959 g/mol. The molecule has 6 aliphatic rings. The van der Waals surface area contributed by atoms with Crippen LogP contribution >= 0.6 is 0 Å². The molecule has 18 heteroatoms. The van der Waals surface area contributed by atoms with Gasteiger partial charge in [0.05, 0.1) is 68.1 Å². The summed E-state index contributed by atoms with van der Waals surface area (Å²) in [5, 5.41) is 5.74. The molecule has 4 atom stereocenters. The Morgan fingerprint density at radius 2 is 1.29 bits per heavy atom. The van der Waals surface area contributed by atoms with E-state index >= 15 is 0 Å². The molecule has 1 fully saturated rings. The third kappa shape index (κ3) is 11.7. The number of hydrogen-bond donors (Lipinski definition) is 2. The molecule has 5 heterocycles. The van der Waals surface area contributed by atoms with Crippen molar-refractivity contribution in [2.75, 3.05) is 39.3 Å². The number of rotatable bonds is 23. The first-order valence-corrected chi connectivity index (χ1v) is 25.8. The van der Waals surface area contributed by atoms with E-state index in [1.54, 1.807) is 66.4 Å². The van der Waals surface area contributed by atoms with E-state index in [4.69, 9.17) is 28.9 Å². The minimum absolute atomic E-state index is 0.0636. The maximum absolute atomic E-state index is 14.1. The van der Waals surface area contributed by atoms with Gasteiger partial charge in [-0.15, -0.1) is 0 Å². The van der Waals surface area contributed by atoms with E-state index in [1.165, 1.54) is 42.6 Å². The molecule has 0 spiro atoms. The van der Waals surface area contributed by atoms with Crippen LogP contribution < -0.4 is 29.6 Å². The van der Waals surface area contributed by atoms with Crippen molar-refractivity contribution < 1.29 is 52.5 Å². The molecule has 1 saturated carbocycles. The number of ether oxygens (including phenoxy) is 4. The van der Waals surface area contributed by atoms with E-state index in [1.807, 2.05) is 44.6 Å². The number of fused-ring (bicyclic) bond motifs is 4. The number of methoxy groups -OCH3 is 2. The summed E-state index contributed by atoms with van der Waals surface area (Å²) >= 11 is 0. The number of Topliss-reactive ketones (excluding diaryl/α,β-unsaturated/α-hetero) is 1. The largest absolute Gasteiger partial charge is 0.493 e. The Kier molecular flexibility index (Phi) is 15.7. The van der Waals surface area contributed by atoms with E-state index in [2.05, 4.69) is 10.6 Å². The van der Waals surface area contributed by atoms with Gasteiger partial charge in [0.1, 0.15) is 0 Å². The number of carbonyl (C=O) groups excluding carboxylic acids is 7. The van der Waals surface area contributed by atoms with Crippen LogP contribution in [0.3, 0.4) is 0 Å². The van der Waals surface area contributed by atoms with Gasteiger partial charge in [-0.25, -0.2) is 0 Å². The lowest BCUT2D eigenvalue weighted by atomic mass is 9.92. The Balaban J connectivity index is 0.737. The summed E-state index contributed by atoms with van der Waals surface area (Å²) in [6, 6.07) is 12.9. The van der Waals surface area contributed by atoms with Crippen LogP contribution in [0.2, 0.25) is 0 Å².